The summed E-state index contributed by atoms with van der Waals surface area (Å²) in [5, 5.41) is 0. The molecule has 0 saturated carbocycles. The number of ether oxygens (including phenoxy) is 1. The molecule has 222 valence electrons. The predicted octanol–water partition coefficient (Wildman–Crippen LogP) is 6.51. The van der Waals surface area contributed by atoms with Crippen LogP contribution < -0.4 is 21.1 Å². The van der Waals surface area contributed by atoms with Crippen LogP contribution in [0.2, 0.25) is 0 Å². The second-order valence-corrected chi connectivity index (χ2v) is 11.0. The lowest BCUT2D eigenvalue weighted by atomic mass is 9.95. The second-order valence-electron chi connectivity index (χ2n) is 10.0. The van der Waals surface area contributed by atoms with E-state index in [0.29, 0.717) is 5.56 Å². The molecule has 0 fully saturated rings. The lowest BCUT2D eigenvalue weighted by Gasteiger charge is -2.26. The van der Waals surface area contributed by atoms with Crippen LogP contribution in [0.3, 0.4) is 0 Å². The highest BCUT2D eigenvalue weighted by Crippen LogP contribution is 2.41. The molecule has 0 saturated heterocycles. The number of nitrogens with one attached hydrogen (secondary N) is 2. The van der Waals surface area contributed by atoms with E-state index in [1.54, 1.807) is 0 Å². The largest absolute Gasteiger partial charge is 0.482 e. The first-order valence-electron chi connectivity index (χ1n) is 13.8. The number of thioether (sulfide) groups is 1. The Bertz CT molecular complexity index is 1850. The highest BCUT2D eigenvalue weighted by molar-refractivity contribution is 7.98. The van der Waals surface area contributed by atoms with Gasteiger partial charge in [-0.15, -0.1) is 11.8 Å². The molecule has 10 heteroatoms. The summed E-state index contributed by atoms with van der Waals surface area (Å²) in [6, 6.07) is 29.2. The molecule has 1 aliphatic rings. The molecule has 1 aromatic heterocycles. The van der Waals surface area contributed by atoms with E-state index in [2.05, 4.69) is 10.9 Å². The number of hydrogen-bond acceptors (Lipinski definition) is 6. The first-order chi connectivity index (χ1) is 21.5. The Morgan fingerprint density at radius 2 is 1.52 bits per heavy atom. The number of fused-ring (bicyclic) bond motifs is 2. The van der Waals surface area contributed by atoms with Crippen LogP contribution in [0.25, 0.3) is 0 Å². The summed E-state index contributed by atoms with van der Waals surface area (Å²) in [5.41, 5.74) is 8.16. The van der Waals surface area contributed by atoms with Gasteiger partial charge in [-0.05, 0) is 34.4 Å². The minimum Gasteiger partial charge on any atom is -0.482 e. The van der Waals surface area contributed by atoms with Crippen LogP contribution in [0, 0.1) is 11.6 Å². The summed E-state index contributed by atoms with van der Waals surface area (Å²) in [7, 11) is 0. The van der Waals surface area contributed by atoms with Crippen molar-refractivity contribution in [2.45, 2.75) is 29.9 Å². The zero-order valence-electron chi connectivity index (χ0n) is 23.3. The lowest BCUT2D eigenvalue weighted by Crippen LogP contribution is -2.34. The molecular weight excluding hydrogens is 584 g/mol. The molecule has 1 amide bonds. The third-order valence-electron chi connectivity index (χ3n) is 7.16. The number of pyridine rings is 1. The Labute approximate surface area is 256 Å². The molecule has 44 heavy (non-hydrogen) atoms. The fourth-order valence-electron chi connectivity index (χ4n) is 4.99. The zero-order valence-corrected chi connectivity index (χ0v) is 24.2. The van der Waals surface area contributed by atoms with Crippen LogP contribution in [-0.2, 0) is 23.8 Å². The summed E-state index contributed by atoms with van der Waals surface area (Å²) >= 11 is 1.39. The number of hydrogen-bond donors (Lipinski definition) is 2. The highest BCUT2D eigenvalue weighted by Gasteiger charge is 2.29. The van der Waals surface area contributed by atoms with Gasteiger partial charge < -0.3 is 10.2 Å². The van der Waals surface area contributed by atoms with E-state index in [1.165, 1.54) is 34.8 Å². The Balaban J connectivity index is 1.40. The van der Waals surface area contributed by atoms with Crippen molar-refractivity contribution in [3.05, 3.63) is 165 Å². The minimum absolute atomic E-state index is 0.0292. The third-order valence-corrected chi connectivity index (χ3v) is 8.27. The van der Waals surface area contributed by atoms with Gasteiger partial charge in [0, 0.05) is 28.5 Å². The van der Waals surface area contributed by atoms with Gasteiger partial charge in [-0.2, -0.15) is 0 Å². The number of amides is 1. The molecule has 1 aliphatic heterocycles. The van der Waals surface area contributed by atoms with Crippen LogP contribution in [0.1, 0.15) is 44.3 Å². The van der Waals surface area contributed by atoms with Crippen molar-refractivity contribution in [1.29, 1.82) is 0 Å². The van der Waals surface area contributed by atoms with Crippen LogP contribution in [0.5, 0.6) is 5.75 Å². The van der Waals surface area contributed by atoms with E-state index in [1.807, 2.05) is 84.9 Å². The topological polar surface area (TPSA) is 81.6 Å². The SMILES string of the molecule is O=C(NOCc1ccccc1)c1c(OCc2ccccc2)c(=O)ccn1NC1c2ccccc2SCc2c1ccc(F)c2F. The smallest absolute Gasteiger partial charge is 0.297 e. The summed E-state index contributed by atoms with van der Waals surface area (Å²) in [4.78, 5) is 33.2. The zero-order chi connectivity index (χ0) is 30.5. The van der Waals surface area contributed by atoms with E-state index in [9.17, 15) is 14.0 Å². The van der Waals surface area contributed by atoms with Gasteiger partial charge in [-0.25, -0.2) is 14.3 Å². The van der Waals surface area contributed by atoms with Crippen LogP contribution in [0.4, 0.5) is 8.78 Å². The maximum Gasteiger partial charge on any atom is 0.297 e. The Morgan fingerprint density at radius 3 is 2.27 bits per heavy atom. The van der Waals surface area contributed by atoms with Gasteiger partial charge in [0.05, 0.1) is 12.6 Å². The van der Waals surface area contributed by atoms with Crippen molar-refractivity contribution < 1.29 is 23.1 Å². The van der Waals surface area contributed by atoms with E-state index in [0.717, 1.165) is 27.7 Å². The Kier molecular flexibility index (Phi) is 8.71. The van der Waals surface area contributed by atoms with Crippen molar-refractivity contribution in [3.63, 3.8) is 0 Å². The van der Waals surface area contributed by atoms with Gasteiger partial charge >= 0.3 is 0 Å². The maximum atomic E-state index is 15.1. The van der Waals surface area contributed by atoms with Gasteiger partial charge in [0.15, 0.2) is 23.1 Å². The average Bonchev–Trinajstić information content (AvgIpc) is 3.21. The minimum atomic E-state index is -0.940. The van der Waals surface area contributed by atoms with Crippen molar-refractivity contribution in [3.8, 4) is 5.75 Å². The van der Waals surface area contributed by atoms with Crippen LogP contribution >= 0.6 is 11.8 Å². The summed E-state index contributed by atoms with van der Waals surface area (Å²) in [5.74, 6) is -2.59. The number of carbonyl (C=O) groups excluding carboxylic acids is 1. The average molecular weight is 612 g/mol. The molecule has 6 rings (SSSR count). The normalized spacial score (nSPS) is 13.7. The fraction of sp³-hybridized carbons (Fsp3) is 0.118. The molecule has 7 nitrogen and oxygen atoms in total. The summed E-state index contributed by atoms with van der Waals surface area (Å²) in [6.45, 7) is 0.115. The van der Waals surface area contributed by atoms with Gasteiger partial charge in [-0.1, -0.05) is 84.9 Å². The second kappa shape index (κ2) is 13.2. The number of halogens is 2. The molecule has 1 atom stereocenters. The molecule has 0 bridgehead atoms. The number of rotatable bonds is 9. The number of nitrogens with zero attached hydrogens (tertiary/aromatic N) is 1. The maximum absolute atomic E-state index is 15.1. The number of hydroxylamine groups is 1. The summed E-state index contributed by atoms with van der Waals surface area (Å²) in [6.07, 6.45) is 1.41. The number of benzene rings is 4. The van der Waals surface area contributed by atoms with Crippen molar-refractivity contribution in [1.82, 2.24) is 10.2 Å². The van der Waals surface area contributed by atoms with Crippen molar-refractivity contribution >= 4 is 17.7 Å². The highest BCUT2D eigenvalue weighted by atomic mass is 32.2. The Morgan fingerprint density at radius 1 is 0.841 bits per heavy atom. The van der Waals surface area contributed by atoms with Gasteiger partial charge in [0.25, 0.3) is 5.91 Å². The van der Waals surface area contributed by atoms with E-state index < -0.39 is 29.0 Å². The molecular formula is C34H27F2N3O4S. The fourth-order valence-corrected chi connectivity index (χ4v) is 6.11. The summed E-state index contributed by atoms with van der Waals surface area (Å²) < 4.78 is 36.8. The lowest BCUT2D eigenvalue weighted by molar-refractivity contribution is 0.0223. The van der Waals surface area contributed by atoms with Gasteiger partial charge in [-0.3, -0.25) is 19.1 Å². The molecule has 5 aromatic rings. The standard InChI is InChI=1S/C34H27F2N3O4S/c35-27-16-15-24-26(30(27)36)21-44-29-14-8-7-13-25(29)31(24)37-39-18-17-28(40)33(42-19-22-9-3-1-4-10-22)32(39)34(41)38-43-20-23-11-5-2-6-12-23/h1-18,31,37H,19-21H2,(H,38,41). The molecule has 2 N–H and O–H groups in total. The third kappa shape index (κ3) is 6.22. The van der Waals surface area contributed by atoms with Crippen LogP contribution in [0.15, 0.2) is 119 Å². The monoisotopic (exact) mass is 611 g/mol. The van der Waals surface area contributed by atoms with E-state index in [-0.39, 0.29) is 36.0 Å². The van der Waals surface area contributed by atoms with Gasteiger partial charge in [0.1, 0.15) is 6.61 Å². The van der Waals surface area contributed by atoms with Crippen molar-refractivity contribution in [2.24, 2.45) is 0 Å². The van der Waals surface area contributed by atoms with E-state index in [4.69, 9.17) is 9.57 Å². The first-order valence-corrected chi connectivity index (χ1v) is 14.8. The quantitative estimate of drug-likeness (QED) is 0.185. The molecule has 0 radical (unpaired) electrons. The predicted molar refractivity (Wildman–Crippen MR) is 164 cm³/mol. The number of aromatic nitrogens is 1. The van der Waals surface area contributed by atoms with Crippen molar-refractivity contribution in [2.75, 3.05) is 5.43 Å². The van der Waals surface area contributed by atoms with Crippen LogP contribution in [-0.4, -0.2) is 10.6 Å². The number of carbonyl (C=O) groups is 1. The molecule has 4 aromatic carbocycles. The Hall–Kier alpha value is -4.93. The molecule has 2 heterocycles. The molecule has 1 unspecified atom stereocenters. The molecule has 0 spiro atoms. The first kappa shape index (κ1) is 29.2. The van der Waals surface area contributed by atoms with Gasteiger partial charge in [0.2, 0.25) is 5.43 Å². The van der Waals surface area contributed by atoms with E-state index >= 15 is 4.39 Å². The molecule has 0 aliphatic carbocycles.